The summed E-state index contributed by atoms with van der Waals surface area (Å²) in [6.45, 7) is 0.344. The van der Waals surface area contributed by atoms with Gasteiger partial charge in [-0.2, -0.15) is 0 Å². The first-order valence-corrected chi connectivity index (χ1v) is 8.25. The van der Waals surface area contributed by atoms with Crippen molar-refractivity contribution in [3.8, 4) is 0 Å². The normalized spacial score (nSPS) is 14.3. The Morgan fingerprint density at radius 2 is 2.00 bits per heavy atom. The fourth-order valence-corrected chi connectivity index (χ4v) is 5.07. The van der Waals surface area contributed by atoms with Crippen molar-refractivity contribution >= 4 is 33.0 Å². The highest BCUT2D eigenvalue weighted by molar-refractivity contribution is 7.93. The number of nitrogens with zero attached hydrogens (tertiary/aromatic N) is 1. The lowest BCUT2D eigenvalue weighted by molar-refractivity contribution is 0.0698. The van der Waals surface area contributed by atoms with Gasteiger partial charge in [-0.3, -0.25) is 4.31 Å². The fraction of sp³-hybridized carbons (Fsp3) is 0.154. The molecule has 7 heteroatoms. The Labute approximate surface area is 120 Å². The van der Waals surface area contributed by atoms with Crippen molar-refractivity contribution < 1.29 is 18.3 Å². The molecule has 0 amide bonds. The van der Waals surface area contributed by atoms with Gasteiger partial charge in [0, 0.05) is 6.54 Å². The Balaban J connectivity index is 2.11. The van der Waals surface area contributed by atoms with Crippen LogP contribution in [0.3, 0.4) is 0 Å². The van der Waals surface area contributed by atoms with Crippen LogP contribution in [0, 0.1) is 0 Å². The molecule has 0 saturated carbocycles. The molecule has 5 nitrogen and oxygen atoms in total. The molecule has 0 aliphatic carbocycles. The van der Waals surface area contributed by atoms with Crippen LogP contribution in [0.2, 0.25) is 0 Å². The van der Waals surface area contributed by atoms with Crippen molar-refractivity contribution in [3.63, 3.8) is 0 Å². The third-order valence-electron chi connectivity index (χ3n) is 3.24. The molecule has 104 valence electrons. The smallest absolute Gasteiger partial charge is 0.347 e. The highest BCUT2D eigenvalue weighted by Gasteiger charge is 2.34. The van der Waals surface area contributed by atoms with E-state index in [0.29, 0.717) is 18.7 Å². The maximum atomic E-state index is 12.7. The summed E-state index contributed by atoms with van der Waals surface area (Å²) in [7, 11) is -3.82. The summed E-state index contributed by atoms with van der Waals surface area (Å²) in [6, 6.07) is 8.62. The first kappa shape index (κ1) is 13.1. The highest BCUT2D eigenvalue weighted by Crippen LogP contribution is 2.34. The minimum Gasteiger partial charge on any atom is -0.477 e. The van der Waals surface area contributed by atoms with Gasteiger partial charge >= 0.3 is 5.97 Å². The summed E-state index contributed by atoms with van der Waals surface area (Å²) in [5.74, 6) is -1.22. The van der Waals surface area contributed by atoms with Crippen molar-refractivity contribution in [2.45, 2.75) is 11.3 Å². The van der Waals surface area contributed by atoms with Crippen molar-refractivity contribution in [1.82, 2.24) is 0 Å². The summed E-state index contributed by atoms with van der Waals surface area (Å²) in [4.78, 5) is 10.8. The van der Waals surface area contributed by atoms with Crippen LogP contribution in [0.4, 0.5) is 5.69 Å². The summed E-state index contributed by atoms with van der Waals surface area (Å²) in [5.41, 5.74) is 1.60. The number of rotatable bonds is 3. The van der Waals surface area contributed by atoms with Crippen molar-refractivity contribution in [1.29, 1.82) is 0 Å². The maximum Gasteiger partial charge on any atom is 0.347 e. The molecular weight excluding hydrogens is 298 g/mol. The summed E-state index contributed by atoms with van der Waals surface area (Å²) in [6.07, 6.45) is 0.641. The summed E-state index contributed by atoms with van der Waals surface area (Å²) < 4.78 is 26.6. The first-order valence-electron chi connectivity index (χ1n) is 5.93. The second-order valence-corrected chi connectivity index (χ2v) is 7.12. The predicted molar refractivity (Wildman–Crippen MR) is 76.0 cm³/mol. The maximum absolute atomic E-state index is 12.7. The molecule has 0 unspecified atom stereocenters. The minimum atomic E-state index is -3.82. The highest BCUT2D eigenvalue weighted by atomic mass is 32.2. The predicted octanol–water partition coefficient (Wildman–Crippen LogP) is 2.20. The monoisotopic (exact) mass is 309 g/mol. The molecule has 20 heavy (non-hydrogen) atoms. The van der Waals surface area contributed by atoms with Crippen molar-refractivity contribution in [2.75, 3.05) is 10.8 Å². The van der Waals surface area contributed by atoms with Crippen LogP contribution >= 0.6 is 11.3 Å². The van der Waals surface area contributed by atoms with Gasteiger partial charge in [0.25, 0.3) is 10.0 Å². The van der Waals surface area contributed by atoms with Crippen molar-refractivity contribution in [3.05, 3.63) is 46.2 Å². The minimum absolute atomic E-state index is 0.133. The zero-order valence-corrected chi connectivity index (χ0v) is 11.9. The number of hydrogen-bond donors (Lipinski definition) is 1. The van der Waals surface area contributed by atoms with Crippen LogP contribution in [0.25, 0.3) is 0 Å². The topological polar surface area (TPSA) is 74.7 Å². The second kappa shape index (κ2) is 4.60. The number of hydrogen-bond acceptors (Lipinski definition) is 4. The Hall–Kier alpha value is -1.86. The third kappa shape index (κ3) is 1.90. The molecule has 2 heterocycles. The lowest BCUT2D eigenvalue weighted by Gasteiger charge is -2.19. The number of aromatic carboxylic acids is 1. The van der Waals surface area contributed by atoms with Gasteiger partial charge in [-0.1, -0.05) is 18.2 Å². The Bertz CT molecular complexity index is 779. The molecule has 3 rings (SSSR count). The van der Waals surface area contributed by atoms with E-state index in [1.165, 1.54) is 15.8 Å². The van der Waals surface area contributed by atoms with Gasteiger partial charge in [-0.05, 0) is 29.5 Å². The molecule has 0 saturated heterocycles. The number of carboxylic acid groups (broad SMARTS) is 1. The standard InChI is InChI=1S/C13H11NO4S2/c15-13(16)12-11(6-8-19-12)20(17,18)14-7-5-9-3-1-2-4-10(9)14/h1-4,6,8H,5,7H2,(H,15,16). The van der Waals surface area contributed by atoms with Gasteiger partial charge in [-0.15, -0.1) is 11.3 Å². The number of anilines is 1. The second-order valence-electron chi connectivity index (χ2n) is 4.38. The Kier molecular flexibility index (Phi) is 3.02. The van der Waals surface area contributed by atoms with E-state index in [4.69, 9.17) is 5.11 Å². The number of sulfonamides is 1. The molecule has 0 atom stereocenters. The van der Waals surface area contributed by atoms with Gasteiger partial charge in [0.1, 0.15) is 9.77 Å². The van der Waals surface area contributed by atoms with E-state index < -0.39 is 16.0 Å². The number of benzene rings is 1. The van der Waals surface area contributed by atoms with E-state index in [-0.39, 0.29) is 9.77 Å². The Morgan fingerprint density at radius 3 is 2.75 bits per heavy atom. The molecule has 1 aliphatic heterocycles. The SMILES string of the molecule is O=C(O)c1sccc1S(=O)(=O)N1CCc2ccccc21. The molecule has 0 radical (unpaired) electrons. The number of thiophene rings is 1. The zero-order valence-electron chi connectivity index (χ0n) is 10.3. The molecular formula is C13H11NO4S2. The first-order chi connectivity index (χ1) is 9.51. The molecule has 2 aromatic rings. The van der Waals surface area contributed by atoms with Gasteiger partial charge in [0.2, 0.25) is 0 Å². The van der Waals surface area contributed by atoms with E-state index in [9.17, 15) is 13.2 Å². The fourth-order valence-electron chi connectivity index (χ4n) is 2.33. The van der Waals surface area contributed by atoms with E-state index in [1.807, 2.05) is 12.1 Å². The van der Waals surface area contributed by atoms with E-state index in [1.54, 1.807) is 12.1 Å². The largest absolute Gasteiger partial charge is 0.477 e. The number of carbonyl (C=O) groups is 1. The quantitative estimate of drug-likeness (QED) is 0.943. The number of fused-ring (bicyclic) bond motifs is 1. The molecule has 1 aliphatic rings. The number of para-hydroxylation sites is 1. The van der Waals surface area contributed by atoms with Gasteiger partial charge in [-0.25, -0.2) is 13.2 Å². The van der Waals surface area contributed by atoms with Gasteiger partial charge < -0.3 is 5.11 Å². The molecule has 1 aromatic carbocycles. The Morgan fingerprint density at radius 1 is 1.25 bits per heavy atom. The van der Waals surface area contributed by atoms with E-state index in [2.05, 4.69) is 0 Å². The molecule has 0 fully saturated rings. The van der Waals surface area contributed by atoms with Crippen LogP contribution in [0.5, 0.6) is 0 Å². The summed E-state index contributed by atoms with van der Waals surface area (Å²) >= 11 is 0.919. The average Bonchev–Trinajstić information content (AvgIpc) is 3.06. The molecule has 0 spiro atoms. The van der Waals surface area contributed by atoms with Gasteiger partial charge in [0.05, 0.1) is 5.69 Å². The van der Waals surface area contributed by atoms with Gasteiger partial charge in [0.15, 0.2) is 0 Å². The molecule has 0 bridgehead atoms. The van der Waals surface area contributed by atoms with Crippen LogP contribution in [-0.2, 0) is 16.4 Å². The molecule has 1 aromatic heterocycles. The summed E-state index contributed by atoms with van der Waals surface area (Å²) in [5, 5.41) is 10.6. The van der Waals surface area contributed by atoms with Crippen LogP contribution < -0.4 is 4.31 Å². The van der Waals surface area contributed by atoms with Crippen LogP contribution in [0.1, 0.15) is 15.2 Å². The lowest BCUT2D eigenvalue weighted by atomic mass is 10.2. The lowest BCUT2D eigenvalue weighted by Crippen LogP contribution is -2.29. The van der Waals surface area contributed by atoms with Crippen LogP contribution in [-0.4, -0.2) is 26.0 Å². The average molecular weight is 309 g/mol. The number of carboxylic acids is 1. The van der Waals surface area contributed by atoms with E-state index in [0.717, 1.165) is 16.9 Å². The molecule has 1 N–H and O–H groups in total. The van der Waals surface area contributed by atoms with E-state index >= 15 is 0 Å². The zero-order chi connectivity index (χ0) is 14.3. The third-order valence-corrected chi connectivity index (χ3v) is 6.12. The van der Waals surface area contributed by atoms with Crippen LogP contribution in [0.15, 0.2) is 40.6 Å². The van der Waals surface area contributed by atoms with Crippen molar-refractivity contribution in [2.24, 2.45) is 0 Å².